The zero-order valence-corrected chi connectivity index (χ0v) is 15.7. The highest BCUT2D eigenvalue weighted by Crippen LogP contribution is 2.37. The maximum atomic E-state index is 8.56. The van der Waals surface area contributed by atoms with Crippen molar-refractivity contribution in [1.82, 2.24) is 9.47 Å². The first kappa shape index (κ1) is 17.9. The van der Waals surface area contributed by atoms with E-state index in [1.807, 2.05) is 18.2 Å². The number of hydrogen-bond acceptors (Lipinski definition) is 5. The summed E-state index contributed by atoms with van der Waals surface area (Å²) in [6, 6.07) is 11.8. The van der Waals surface area contributed by atoms with E-state index in [1.54, 1.807) is 16.8 Å². The molecule has 2 aliphatic rings. The highest BCUT2D eigenvalue weighted by molar-refractivity contribution is 5.84. The fraction of sp³-hybridized carbons (Fsp3) is 0.429. The van der Waals surface area contributed by atoms with Crippen molar-refractivity contribution in [3.05, 3.63) is 59.2 Å². The highest BCUT2D eigenvalue weighted by Gasteiger charge is 2.27. The largest absolute Gasteiger partial charge is 0.484 e. The Morgan fingerprint density at radius 1 is 1.11 bits per heavy atom. The van der Waals surface area contributed by atoms with E-state index in [1.165, 1.54) is 0 Å². The van der Waals surface area contributed by atoms with E-state index in [0.29, 0.717) is 17.1 Å². The van der Waals surface area contributed by atoms with Gasteiger partial charge in [-0.25, -0.2) is 0 Å². The lowest BCUT2D eigenvalue weighted by atomic mass is 9.86. The summed E-state index contributed by atoms with van der Waals surface area (Å²) in [5, 5.41) is 16.8. The van der Waals surface area contributed by atoms with Crippen LogP contribution in [0.1, 0.15) is 42.5 Å². The molecule has 0 spiro atoms. The van der Waals surface area contributed by atoms with Gasteiger partial charge in [-0.2, -0.15) is 0 Å². The second-order valence-electron chi connectivity index (χ2n) is 7.67. The zero-order valence-electron chi connectivity index (χ0n) is 15.7. The molecule has 2 aromatic rings. The third-order valence-electron chi connectivity index (χ3n) is 5.72. The van der Waals surface area contributed by atoms with Crippen molar-refractivity contribution in [2.24, 2.45) is 11.7 Å². The van der Waals surface area contributed by atoms with Crippen LogP contribution in [0.3, 0.4) is 0 Å². The number of benzene rings is 1. The maximum Gasteiger partial charge on any atom is 0.137 e. The molecule has 0 radical (unpaired) electrons. The molecule has 142 valence electrons. The molecule has 1 saturated heterocycles. The van der Waals surface area contributed by atoms with E-state index in [9.17, 15) is 0 Å². The average molecular weight is 365 g/mol. The van der Waals surface area contributed by atoms with Gasteiger partial charge in [-0.1, -0.05) is 24.3 Å². The van der Waals surface area contributed by atoms with E-state index < -0.39 is 0 Å². The number of aromatic nitrogens is 1. The molecule has 4 N–H and O–H groups in total. The Kier molecular flexibility index (Phi) is 4.85. The lowest BCUT2D eigenvalue weighted by molar-refractivity contribution is 0.176. The van der Waals surface area contributed by atoms with Crippen molar-refractivity contribution in [2.75, 3.05) is 20.1 Å². The molecule has 0 unspecified atom stereocenters. The number of ether oxygens (including phenoxy) is 1. The summed E-state index contributed by atoms with van der Waals surface area (Å²) >= 11 is 0. The topological polar surface area (TPSA) is 91.1 Å². The summed E-state index contributed by atoms with van der Waals surface area (Å²) in [7, 11) is 2.07. The van der Waals surface area contributed by atoms with Crippen LogP contribution >= 0.6 is 0 Å². The molecule has 4 rings (SSSR count). The molecule has 27 heavy (non-hydrogen) atoms. The van der Waals surface area contributed by atoms with Crippen molar-refractivity contribution in [1.29, 1.82) is 10.8 Å². The Morgan fingerprint density at radius 2 is 1.89 bits per heavy atom. The Bertz CT molecular complexity index is 905. The van der Waals surface area contributed by atoms with Gasteiger partial charge in [0, 0.05) is 18.5 Å². The van der Waals surface area contributed by atoms with Gasteiger partial charge in [-0.3, -0.25) is 15.4 Å². The Hall–Kier alpha value is -2.44. The van der Waals surface area contributed by atoms with E-state index in [4.69, 9.17) is 21.3 Å². The van der Waals surface area contributed by atoms with Crippen molar-refractivity contribution in [3.8, 4) is 5.75 Å². The summed E-state index contributed by atoms with van der Waals surface area (Å²) in [6.07, 6.45) is 4.47. The zero-order chi connectivity index (χ0) is 19.0. The van der Waals surface area contributed by atoms with Crippen LogP contribution in [-0.4, -0.2) is 35.4 Å². The van der Waals surface area contributed by atoms with Crippen LogP contribution < -0.4 is 16.0 Å². The van der Waals surface area contributed by atoms with Gasteiger partial charge < -0.3 is 15.4 Å². The SMILES string of the molecule is CN1CC[C@@H](C(=N)n2cc(O[C@@H]3CC[C@H](N)c4ccccc43)ccc2=N)C1. The van der Waals surface area contributed by atoms with E-state index >= 15 is 0 Å². The first-order valence-corrected chi connectivity index (χ1v) is 9.58. The molecule has 0 saturated carbocycles. The van der Waals surface area contributed by atoms with Crippen LogP contribution in [0.2, 0.25) is 0 Å². The lowest BCUT2D eigenvalue weighted by Crippen LogP contribution is -2.32. The lowest BCUT2D eigenvalue weighted by Gasteiger charge is -2.30. The Labute approximate surface area is 159 Å². The smallest absolute Gasteiger partial charge is 0.137 e. The van der Waals surface area contributed by atoms with Gasteiger partial charge in [-0.15, -0.1) is 0 Å². The van der Waals surface area contributed by atoms with Gasteiger partial charge in [0.25, 0.3) is 0 Å². The molecular weight excluding hydrogens is 338 g/mol. The number of nitrogens with two attached hydrogens (primary N) is 1. The summed E-state index contributed by atoms with van der Waals surface area (Å²) in [5.74, 6) is 1.32. The van der Waals surface area contributed by atoms with Crippen LogP contribution in [-0.2, 0) is 0 Å². The third-order valence-corrected chi connectivity index (χ3v) is 5.72. The molecule has 0 bridgehead atoms. The van der Waals surface area contributed by atoms with Gasteiger partial charge in [-0.05, 0) is 56.1 Å². The average Bonchev–Trinajstić information content (AvgIpc) is 3.11. The van der Waals surface area contributed by atoms with E-state index in [-0.39, 0.29) is 18.1 Å². The highest BCUT2D eigenvalue weighted by atomic mass is 16.5. The predicted molar refractivity (Wildman–Crippen MR) is 105 cm³/mol. The third kappa shape index (κ3) is 3.55. The number of hydrogen-bond donors (Lipinski definition) is 3. The number of fused-ring (bicyclic) bond motifs is 1. The first-order valence-electron chi connectivity index (χ1n) is 9.58. The minimum Gasteiger partial charge on any atom is -0.484 e. The molecule has 1 aliphatic carbocycles. The molecule has 6 nitrogen and oxygen atoms in total. The monoisotopic (exact) mass is 365 g/mol. The minimum absolute atomic E-state index is 0.0437. The fourth-order valence-corrected chi connectivity index (χ4v) is 4.18. The summed E-state index contributed by atoms with van der Waals surface area (Å²) in [5.41, 5.74) is 8.86. The van der Waals surface area contributed by atoms with Gasteiger partial charge in [0.05, 0.1) is 6.20 Å². The van der Waals surface area contributed by atoms with E-state index in [2.05, 4.69) is 24.1 Å². The number of nitrogens with zero attached hydrogens (tertiary/aromatic N) is 2. The minimum atomic E-state index is -0.0437. The van der Waals surface area contributed by atoms with Crippen LogP contribution in [0.25, 0.3) is 0 Å². The predicted octanol–water partition coefficient (Wildman–Crippen LogP) is 2.66. The van der Waals surface area contributed by atoms with Crippen LogP contribution in [0.4, 0.5) is 0 Å². The van der Waals surface area contributed by atoms with Gasteiger partial charge >= 0.3 is 0 Å². The van der Waals surface area contributed by atoms with Crippen molar-refractivity contribution in [2.45, 2.75) is 31.4 Å². The quantitative estimate of drug-likeness (QED) is 0.577. The second-order valence-corrected chi connectivity index (χ2v) is 7.67. The standard InChI is InChI=1S/C21H27N5O/c1-25-11-10-14(12-25)21(24)26-13-15(6-9-20(26)23)27-19-8-7-18(22)16-4-2-3-5-17(16)19/h2-6,9,13-14,18-19,23-24H,7-8,10-12,22H2,1H3/t14-,18+,19-/m1/s1. The molecule has 1 aromatic carbocycles. The van der Waals surface area contributed by atoms with Gasteiger partial charge in [0.15, 0.2) is 0 Å². The summed E-state index contributed by atoms with van der Waals surface area (Å²) in [4.78, 5) is 2.23. The number of likely N-dealkylation sites (tertiary alicyclic amines) is 1. The van der Waals surface area contributed by atoms with Gasteiger partial charge in [0.1, 0.15) is 23.2 Å². The molecule has 2 heterocycles. The van der Waals surface area contributed by atoms with Crippen molar-refractivity contribution in [3.63, 3.8) is 0 Å². The maximum absolute atomic E-state index is 8.56. The number of pyridine rings is 1. The molecule has 1 aromatic heterocycles. The molecular formula is C21H27N5O. The van der Waals surface area contributed by atoms with Crippen molar-refractivity contribution < 1.29 is 4.74 Å². The van der Waals surface area contributed by atoms with Crippen LogP contribution in [0, 0.1) is 16.7 Å². The molecule has 3 atom stereocenters. The molecule has 1 fully saturated rings. The van der Waals surface area contributed by atoms with Crippen molar-refractivity contribution >= 4 is 5.84 Å². The van der Waals surface area contributed by atoms with E-state index in [0.717, 1.165) is 43.5 Å². The Balaban J connectivity index is 1.58. The van der Waals surface area contributed by atoms with Gasteiger partial charge in [0.2, 0.25) is 0 Å². The number of rotatable bonds is 3. The molecule has 1 aliphatic heterocycles. The second kappa shape index (κ2) is 7.29. The first-order chi connectivity index (χ1) is 13.0. The van der Waals surface area contributed by atoms with Crippen LogP contribution in [0.5, 0.6) is 5.75 Å². The Morgan fingerprint density at radius 3 is 2.63 bits per heavy atom. The fourth-order valence-electron chi connectivity index (χ4n) is 4.18. The number of nitrogens with one attached hydrogen (secondary N) is 2. The van der Waals surface area contributed by atoms with Crippen LogP contribution in [0.15, 0.2) is 42.6 Å². The summed E-state index contributed by atoms with van der Waals surface area (Å²) < 4.78 is 7.95. The summed E-state index contributed by atoms with van der Waals surface area (Å²) in [6.45, 7) is 1.86. The molecule has 6 heteroatoms. The molecule has 0 amide bonds. The normalized spacial score (nSPS) is 25.2.